The largest absolute Gasteiger partial charge is 0.465 e. The summed E-state index contributed by atoms with van der Waals surface area (Å²) in [5.74, 6) is -0.389. The van der Waals surface area contributed by atoms with Gasteiger partial charge in [-0.25, -0.2) is 4.79 Å². The molecule has 0 radical (unpaired) electrons. The van der Waals surface area contributed by atoms with Crippen LogP contribution >= 0.6 is 23.6 Å². The number of aryl methyl sites for hydroxylation is 3. The van der Waals surface area contributed by atoms with Gasteiger partial charge >= 0.3 is 5.97 Å². The summed E-state index contributed by atoms with van der Waals surface area (Å²) in [5.41, 5.74) is 5.57. The molecule has 1 aromatic carbocycles. The lowest BCUT2D eigenvalue weighted by Gasteiger charge is -2.12. The van der Waals surface area contributed by atoms with Crippen LogP contribution in [0.25, 0.3) is 11.1 Å². The van der Waals surface area contributed by atoms with Crippen LogP contribution in [0.2, 0.25) is 0 Å². The summed E-state index contributed by atoms with van der Waals surface area (Å²) in [5, 5.41) is 12.1. The molecular formula is C22H26N4O2S2. The number of thiophene rings is 1. The molecule has 2 heterocycles. The number of nitrogens with one attached hydrogen (secondary N) is 2. The maximum atomic E-state index is 12.6. The molecule has 0 unspecified atom stereocenters. The molecule has 0 aliphatic rings. The lowest BCUT2D eigenvalue weighted by molar-refractivity contribution is 0.0603. The fourth-order valence-corrected chi connectivity index (χ4v) is 4.80. The van der Waals surface area contributed by atoms with E-state index in [0.717, 1.165) is 39.5 Å². The third-order valence-corrected chi connectivity index (χ3v) is 6.29. The first-order chi connectivity index (χ1) is 14.4. The van der Waals surface area contributed by atoms with E-state index >= 15 is 0 Å². The predicted molar refractivity (Wildman–Crippen MR) is 126 cm³/mol. The average molecular weight is 443 g/mol. The Bertz CT molecular complexity index is 1070. The first-order valence-corrected chi connectivity index (χ1v) is 10.9. The van der Waals surface area contributed by atoms with E-state index in [2.05, 4.69) is 29.6 Å². The number of hydrogen-bond donors (Lipinski definition) is 2. The second-order valence-corrected chi connectivity index (χ2v) is 8.50. The Morgan fingerprint density at radius 1 is 1.23 bits per heavy atom. The zero-order valence-electron chi connectivity index (χ0n) is 17.8. The summed E-state index contributed by atoms with van der Waals surface area (Å²) in [6, 6.07) is 9.82. The molecule has 0 saturated heterocycles. The van der Waals surface area contributed by atoms with Crippen LogP contribution in [0.3, 0.4) is 0 Å². The highest BCUT2D eigenvalue weighted by Crippen LogP contribution is 2.40. The quantitative estimate of drug-likeness (QED) is 0.421. The van der Waals surface area contributed by atoms with Crippen molar-refractivity contribution in [3.63, 3.8) is 0 Å². The third-order valence-electron chi connectivity index (χ3n) is 5.02. The van der Waals surface area contributed by atoms with Crippen LogP contribution in [0, 0.1) is 20.8 Å². The summed E-state index contributed by atoms with van der Waals surface area (Å²) < 4.78 is 7.04. The van der Waals surface area contributed by atoms with Crippen LogP contribution in [-0.4, -0.2) is 28.0 Å². The number of aromatic nitrogens is 2. The van der Waals surface area contributed by atoms with E-state index in [-0.39, 0.29) is 5.97 Å². The molecule has 0 spiro atoms. The van der Waals surface area contributed by atoms with E-state index in [1.165, 1.54) is 18.4 Å². The lowest BCUT2D eigenvalue weighted by atomic mass is 10.0. The minimum atomic E-state index is -0.389. The highest BCUT2D eigenvalue weighted by molar-refractivity contribution is 7.80. The number of benzene rings is 1. The number of anilines is 1. The van der Waals surface area contributed by atoms with Gasteiger partial charge in [-0.1, -0.05) is 30.3 Å². The van der Waals surface area contributed by atoms with Crippen LogP contribution in [-0.2, 0) is 17.8 Å². The maximum absolute atomic E-state index is 12.6. The van der Waals surface area contributed by atoms with Crippen molar-refractivity contribution in [1.82, 2.24) is 15.1 Å². The minimum Gasteiger partial charge on any atom is -0.465 e. The number of carbonyl (C=O) groups is 1. The molecule has 0 saturated carbocycles. The zero-order valence-corrected chi connectivity index (χ0v) is 19.5. The van der Waals surface area contributed by atoms with Gasteiger partial charge in [-0.3, -0.25) is 4.68 Å². The van der Waals surface area contributed by atoms with Crippen molar-refractivity contribution in [3.8, 4) is 11.1 Å². The van der Waals surface area contributed by atoms with Gasteiger partial charge in [0, 0.05) is 34.8 Å². The Morgan fingerprint density at radius 2 is 1.93 bits per heavy atom. The molecule has 3 aromatic rings. The number of ether oxygens (including phenoxy) is 1. The van der Waals surface area contributed by atoms with E-state index in [9.17, 15) is 4.79 Å². The Hall–Kier alpha value is -2.71. The Balaban J connectivity index is 1.83. The maximum Gasteiger partial charge on any atom is 0.341 e. The van der Waals surface area contributed by atoms with Crippen molar-refractivity contribution in [3.05, 3.63) is 57.7 Å². The van der Waals surface area contributed by atoms with Gasteiger partial charge in [0.05, 0.1) is 12.8 Å². The normalized spacial score (nSPS) is 10.7. The van der Waals surface area contributed by atoms with Crippen LogP contribution in [0.5, 0.6) is 0 Å². The average Bonchev–Trinajstić information content (AvgIpc) is 3.21. The van der Waals surface area contributed by atoms with Gasteiger partial charge in [0.25, 0.3) is 0 Å². The van der Waals surface area contributed by atoms with Crippen LogP contribution < -0.4 is 10.6 Å². The summed E-state index contributed by atoms with van der Waals surface area (Å²) in [6.07, 6.45) is 0. The Kier molecular flexibility index (Phi) is 6.89. The molecule has 6 nitrogen and oxygen atoms in total. The van der Waals surface area contributed by atoms with Gasteiger partial charge in [0.15, 0.2) is 5.11 Å². The first kappa shape index (κ1) is 22.0. The van der Waals surface area contributed by atoms with Crippen molar-refractivity contribution in [2.45, 2.75) is 40.8 Å². The molecule has 2 N–H and O–H groups in total. The first-order valence-electron chi connectivity index (χ1n) is 9.72. The molecule has 8 heteroatoms. The van der Waals surface area contributed by atoms with E-state index in [0.29, 0.717) is 22.2 Å². The van der Waals surface area contributed by atoms with E-state index < -0.39 is 0 Å². The van der Waals surface area contributed by atoms with Gasteiger partial charge in [0.2, 0.25) is 0 Å². The fourth-order valence-electron chi connectivity index (χ4n) is 3.50. The molecule has 0 fully saturated rings. The van der Waals surface area contributed by atoms with Crippen molar-refractivity contribution in [2.75, 3.05) is 12.4 Å². The van der Waals surface area contributed by atoms with Gasteiger partial charge in [-0.15, -0.1) is 11.3 Å². The highest BCUT2D eigenvalue weighted by atomic mass is 32.1. The number of hydrogen-bond acceptors (Lipinski definition) is 5. The molecule has 2 aromatic heterocycles. The minimum absolute atomic E-state index is 0.389. The number of methoxy groups -OCH3 is 1. The zero-order chi connectivity index (χ0) is 21.8. The van der Waals surface area contributed by atoms with Gasteiger partial charge in [0.1, 0.15) is 10.6 Å². The fraction of sp³-hybridized carbons (Fsp3) is 0.318. The van der Waals surface area contributed by atoms with Gasteiger partial charge in [-0.05, 0) is 45.5 Å². The van der Waals surface area contributed by atoms with Crippen molar-refractivity contribution < 1.29 is 9.53 Å². The standard InChI is InChI=1S/C22H26N4O2S2/c1-6-26-14(3)17(13(2)25-26)12-23-22(29)24-20-19(21(27)28-5)18(15(4)30-20)16-10-8-7-9-11-16/h7-11H,6,12H2,1-5H3,(H2,23,24,29). The van der Waals surface area contributed by atoms with Crippen LogP contribution in [0.15, 0.2) is 30.3 Å². The number of rotatable bonds is 6. The van der Waals surface area contributed by atoms with E-state index in [1.54, 1.807) is 0 Å². The second-order valence-electron chi connectivity index (χ2n) is 6.87. The number of nitrogens with zero attached hydrogens (tertiary/aromatic N) is 2. The predicted octanol–water partition coefficient (Wildman–Crippen LogP) is 4.83. The molecule has 0 amide bonds. The number of carbonyl (C=O) groups excluding carboxylic acids is 1. The molecule has 30 heavy (non-hydrogen) atoms. The molecule has 0 atom stereocenters. The summed E-state index contributed by atoms with van der Waals surface area (Å²) in [7, 11) is 1.39. The topological polar surface area (TPSA) is 68.2 Å². The number of thiocarbonyl (C=S) groups is 1. The lowest BCUT2D eigenvalue weighted by Crippen LogP contribution is -2.28. The smallest absolute Gasteiger partial charge is 0.341 e. The van der Waals surface area contributed by atoms with Crippen molar-refractivity contribution >= 4 is 39.6 Å². The molecule has 0 bridgehead atoms. The molecule has 3 rings (SSSR count). The summed E-state index contributed by atoms with van der Waals surface area (Å²) >= 11 is 7.00. The van der Waals surface area contributed by atoms with Gasteiger partial charge in [-0.2, -0.15) is 5.10 Å². The summed E-state index contributed by atoms with van der Waals surface area (Å²) in [4.78, 5) is 13.6. The van der Waals surface area contributed by atoms with Crippen LogP contribution in [0.1, 0.15) is 39.1 Å². The number of esters is 1. The SMILES string of the molecule is CCn1nc(C)c(CNC(=S)Nc2sc(C)c(-c3ccccc3)c2C(=O)OC)c1C. The molecule has 0 aliphatic carbocycles. The Morgan fingerprint density at radius 3 is 2.53 bits per heavy atom. The van der Waals surface area contributed by atoms with Gasteiger partial charge < -0.3 is 15.4 Å². The van der Waals surface area contributed by atoms with Crippen molar-refractivity contribution in [1.29, 1.82) is 0 Å². The summed E-state index contributed by atoms with van der Waals surface area (Å²) in [6.45, 7) is 9.51. The second kappa shape index (κ2) is 9.40. The van der Waals surface area contributed by atoms with E-state index in [4.69, 9.17) is 17.0 Å². The molecule has 158 valence electrons. The van der Waals surface area contributed by atoms with Crippen molar-refractivity contribution in [2.24, 2.45) is 0 Å². The monoisotopic (exact) mass is 442 g/mol. The molecule has 0 aliphatic heterocycles. The highest BCUT2D eigenvalue weighted by Gasteiger charge is 2.24. The Labute approximate surface area is 186 Å². The van der Waals surface area contributed by atoms with E-state index in [1.807, 2.05) is 48.9 Å². The third kappa shape index (κ3) is 4.39. The molecular weight excluding hydrogens is 416 g/mol. The van der Waals surface area contributed by atoms with Crippen LogP contribution in [0.4, 0.5) is 5.00 Å².